The Balaban J connectivity index is 1.38. The molecule has 6 nitrogen and oxygen atoms in total. The van der Waals surface area contributed by atoms with E-state index in [9.17, 15) is 9.18 Å². The molecular weight excluding hydrogens is 421 g/mol. The molecule has 0 aliphatic carbocycles. The van der Waals surface area contributed by atoms with E-state index in [4.69, 9.17) is 14.5 Å². The Morgan fingerprint density at radius 2 is 1.82 bits per heavy atom. The number of aromatic nitrogens is 2. The monoisotopic (exact) mass is 445 g/mol. The highest BCUT2D eigenvalue weighted by Crippen LogP contribution is 2.33. The lowest BCUT2D eigenvalue weighted by molar-refractivity contribution is -0.117. The fourth-order valence-electron chi connectivity index (χ4n) is 4.34. The van der Waals surface area contributed by atoms with Crippen molar-refractivity contribution in [2.24, 2.45) is 0 Å². The number of fused-ring (bicyclic) bond motifs is 1. The van der Waals surface area contributed by atoms with Crippen LogP contribution in [0, 0.1) is 5.82 Å². The van der Waals surface area contributed by atoms with Gasteiger partial charge in [-0.2, -0.15) is 0 Å². The van der Waals surface area contributed by atoms with Crippen molar-refractivity contribution in [2.45, 2.75) is 18.9 Å². The van der Waals surface area contributed by atoms with Crippen LogP contribution in [0.5, 0.6) is 11.5 Å². The van der Waals surface area contributed by atoms with Crippen LogP contribution in [-0.4, -0.2) is 35.7 Å². The van der Waals surface area contributed by atoms with E-state index in [1.165, 1.54) is 12.1 Å². The second kappa shape index (κ2) is 8.94. The van der Waals surface area contributed by atoms with Crippen LogP contribution in [0.3, 0.4) is 0 Å². The van der Waals surface area contributed by atoms with E-state index in [1.54, 1.807) is 24.1 Å². The van der Waals surface area contributed by atoms with Crippen LogP contribution in [0.25, 0.3) is 11.0 Å². The number of carbonyl (C=O) groups excluding carboxylic acids is 1. The quantitative estimate of drug-likeness (QED) is 0.411. The van der Waals surface area contributed by atoms with E-state index in [2.05, 4.69) is 4.57 Å². The minimum Gasteiger partial charge on any atom is -0.497 e. The van der Waals surface area contributed by atoms with Gasteiger partial charge in [-0.15, -0.1) is 0 Å². The molecule has 0 spiro atoms. The number of anilines is 1. The van der Waals surface area contributed by atoms with Crippen molar-refractivity contribution in [1.29, 1.82) is 0 Å². The molecular formula is C26H24FN3O3. The first kappa shape index (κ1) is 21.0. The Labute approximate surface area is 191 Å². The van der Waals surface area contributed by atoms with Crippen molar-refractivity contribution >= 4 is 22.6 Å². The molecule has 1 saturated heterocycles. The molecule has 0 N–H and O–H groups in total. The standard InChI is InChI=1S/C26H24FN3O3/c1-32-21-5-4-6-22(16-21)33-14-13-29-24-8-3-2-7-23(24)28-26(29)18-15-25(31)30(17-18)20-11-9-19(27)10-12-20/h2-12,16,18H,13-15,17H2,1H3. The molecule has 1 atom stereocenters. The average molecular weight is 445 g/mol. The molecule has 4 aromatic rings. The summed E-state index contributed by atoms with van der Waals surface area (Å²) >= 11 is 0. The number of rotatable bonds is 7. The van der Waals surface area contributed by atoms with Gasteiger partial charge in [0.2, 0.25) is 5.91 Å². The molecule has 3 aromatic carbocycles. The van der Waals surface area contributed by atoms with E-state index in [1.807, 2.05) is 48.5 Å². The molecule has 7 heteroatoms. The van der Waals surface area contributed by atoms with Gasteiger partial charge in [-0.25, -0.2) is 9.37 Å². The van der Waals surface area contributed by atoms with Gasteiger partial charge in [-0.1, -0.05) is 18.2 Å². The van der Waals surface area contributed by atoms with Crippen molar-refractivity contribution in [1.82, 2.24) is 9.55 Å². The molecule has 1 aromatic heterocycles. The highest BCUT2D eigenvalue weighted by Gasteiger charge is 2.34. The minimum absolute atomic E-state index is 0.0119. The van der Waals surface area contributed by atoms with Crippen LogP contribution in [-0.2, 0) is 11.3 Å². The first-order chi connectivity index (χ1) is 16.1. The molecule has 0 bridgehead atoms. The Bertz CT molecular complexity index is 1290. The van der Waals surface area contributed by atoms with Crippen LogP contribution in [0.2, 0.25) is 0 Å². The maximum atomic E-state index is 13.3. The summed E-state index contributed by atoms with van der Waals surface area (Å²) in [5, 5.41) is 0. The molecule has 2 heterocycles. The van der Waals surface area contributed by atoms with Gasteiger partial charge in [0.05, 0.1) is 24.7 Å². The Morgan fingerprint density at radius 3 is 2.64 bits per heavy atom. The van der Waals surface area contributed by atoms with E-state index in [-0.39, 0.29) is 17.6 Å². The second-order valence-electron chi connectivity index (χ2n) is 8.02. The lowest BCUT2D eigenvalue weighted by atomic mass is 10.1. The summed E-state index contributed by atoms with van der Waals surface area (Å²) in [4.78, 5) is 19.4. The van der Waals surface area contributed by atoms with Gasteiger partial charge < -0.3 is 18.9 Å². The van der Waals surface area contributed by atoms with Gasteiger partial charge in [0.25, 0.3) is 0 Å². The number of carbonyl (C=O) groups is 1. The third kappa shape index (κ3) is 4.26. The number of para-hydroxylation sites is 2. The van der Waals surface area contributed by atoms with Crippen LogP contribution in [0.4, 0.5) is 10.1 Å². The van der Waals surface area contributed by atoms with Crippen LogP contribution in [0.1, 0.15) is 18.2 Å². The maximum Gasteiger partial charge on any atom is 0.227 e. The number of hydrogen-bond donors (Lipinski definition) is 0. The summed E-state index contributed by atoms with van der Waals surface area (Å²) in [6.45, 7) is 1.54. The molecule has 1 aliphatic rings. The molecule has 1 aliphatic heterocycles. The Morgan fingerprint density at radius 1 is 1.03 bits per heavy atom. The van der Waals surface area contributed by atoms with E-state index in [0.717, 1.165) is 28.4 Å². The predicted octanol–water partition coefficient (Wildman–Crippen LogP) is 4.78. The summed E-state index contributed by atoms with van der Waals surface area (Å²) in [7, 11) is 1.63. The number of methoxy groups -OCH3 is 1. The maximum absolute atomic E-state index is 13.3. The third-order valence-corrected chi connectivity index (χ3v) is 5.94. The highest BCUT2D eigenvalue weighted by molar-refractivity contribution is 5.96. The van der Waals surface area contributed by atoms with Crippen molar-refractivity contribution < 1.29 is 18.7 Å². The zero-order chi connectivity index (χ0) is 22.8. The zero-order valence-electron chi connectivity index (χ0n) is 18.3. The van der Waals surface area contributed by atoms with Crippen LogP contribution in [0.15, 0.2) is 72.8 Å². The Hall–Kier alpha value is -3.87. The molecule has 168 valence electrons. The van der Waals surface area contributed by atoms with E-state index in [0.29, 0.717) is 31.8 Å². The number of benzene rings is 3. The first-order valence-corrected chi connectivity index (χ1v) is 10.9. The molecule has 33 heavy (non-hydrogen) atoms. The van der Waals surface area contributed by atoms with Gasteiger partial charge in [-0.3, -0.25) is 4.79 Å². The van der Waals surface area contributed by atoms with Gasteiger partial charge >= 0.3 is 0 Å². The molecule has 0 saturated carbocycles. The number of imidazole rings is 1. The number of ether oxygens (including phenoxy) is 2. The van der Waals surface area contributed by atoms with Gasteiger partial charge in [0.15, 0.2) is 0 Å². The van der Waals surface area contributed by atoms with Gasteiger partial charge in [0, 0.05) is 30.6 Å². The SMILES string of the molecule is COc1cccc(OCCn2c(C3CC(=O)N(c4ccc(F)cc4)C3)nc3ccccc32)c1. The largest absolute Gasteiger partial charge is 0.497 e. The molecule has 1 amide bonds. The summed E-state index contributed by atoms with van der Waals surface area (Å²) in [5.41, 5.74) is 2.60. The predicted molar refractivity (Wildman–Crippen MR) is 124 cm³/mol. The van der Waals surface area contributed by atoms with Gasteiger partial charge in [0.1, 0.15) is 29.7 Å². The summed E-state index contributed by atoms with van der Waals surface area (Å²) in [6, 6.07) is 21.5. The summed E-state index contributed by atoms with van der Waals surface area (Å²) in [6.07, 6.45) is 0.359. The minimum atomic E-state index is -0.320. The van der Waals surface area contributed by atoms with Crippen LogP contribution < -0.4 is 14.4 Å². The zero-order valence-corrected chi connectivity index (χ0v) is 18.3. The van der Waals surface area contributed by atoms with Crippen molar-refractivity contribution in [3.8, 4) is 11.5 Å². The fraction of sp³-hybridized carbons (Fsp3) is 0.231. The second-order valence-corrected chi connectivity index (χ2v) is 8.02. The smallest absolute Gasteiger partial charge is 0.227 e. The van der Waals surface area contributed by atoms with E-state index >= 15 is 0 Å². The summed E-state index contributed by atoms with van der Waals surface area (Å²) in [5.74, 6) is 1.97. The lowest BCUT2D eigenvalue weighted by Gasteiger charge is -2.17. The van der Waals surface area contributed by atoms with Crippen molar-refractivity contribution in [3.63, 3.8) is 0 Å². The van der Waals surface area contributed by atoms with E-state index < -0.39 is 0 Å². The summed E-state index contributed by atoms with van der Waals surface area (Å²) < 4.78 is 26.7. The fourth-order valence-corrected chi connectivity index (χ4v) is 4.34. The first-order valence-electron chi connectivity index (χ1n) is 10.9. The molecule has 1 unspecified atom stereocenters. The molecule has 5 rings (SSSR count). The topological polar surface area (TPSA) is 56.6 Å². The van der Waals surface area contributed by atoms with Crippen LogP contribution >= 0.6 is 0 Å². The number of hydrogen-bond acceptors (Lipinski definition) is 4. The number of halogens is 1. The van der Waals surface area contributed by atoms with Crippen molar-refractivity contribution in [3.05, 3.63) is 84.4 Å². The third-order valence-electron chi connectivity index (χ3n) is 5.94. The Kier molecular flexibility index (Phi) is 5.69. The van der Waals surface area contributed by atoms with Crippen molar-refractivity contribution in [2.75, 3.05) is 25.2 Å². The number of nitrogens with zero attached hydrogens (tertiary/aromatic N) is 3. The molecule has 0 radical (unpaired) electrons. The number of amides is 1. The van der Waals surface area contributed by atoms with Gasteiger partial charge in [-0.05, 0) is 48.5 Å². The highest BCUT2D eigenvalue weighted by atomic mass is 19.1. The normalized spacial score (nSPS) is 15.9. The molecule has 1 fully saturated rings. The average Bonchev–Trinajstić information content (AvgIpc) is 3.40. The lowest BCUT2D eigenvalue weighted by Crippen LogP contribution is -2.24.